The quantitative estimate of drug-likeness (QED) is 0.670. The van der Waals surface area contributed by atoms with Gasteiger partial charge in [0.1, 0.15) is 6.61 Å². The van der Waals surface area contributed by atoms with Crippen LogP contribution in [0.5, 0.6) is 11.5 Å². The molecule has 4 nitrogen and oxygen atoms in total. The summed E-state index contributed by atoms with van der Waals surface area (Å²) in [6, 6.07) is 23.4. The van der Waals surface area contributed by atoms with E-state index in [1.807, 2.05) is 18.2 Å². The van der Waals surface area contributed by atoms with Crippen LogP contribution >= 0.6 is 0 Å². The summed E-state index contributed by atoms with van der Waals surface area (Å²) in [6.07, 6.45) is 0.983. The smallest absolute Gasteiger partial charge is 0.162 e. The first kappa shape index (κ1) is 19.3. The fourth-order valence-corrected chi connectivity index (χ4v) is 3.83. The molecule has 29 heavy (non-hydrogen) atoms. The lowest BCUT2D eigenvalue weighted by Crippen LogP contribution is -2.30. The van der Waals surface area contributed by atoms with Crippen molar-refractivity contribution >= 4 is 5.69 Å². The van der Waals surface area contributed by atoms with Crippen LogP contribution in [0.25, 0.3) is 0 Å². The van der Waals surface area contributed by atoms with Crippen LogP contribution in [0.1, 0.15) is 28.3 Å². The number of rotatable bonds is 6. The summed E-state index contributed by atoms with van der Waals surface area (Å²) < 4.78 is 11.8. The van der Waals surface area contributed by atoms with Crippen LogP contribution in [0, 0.1) is 0 Å². The van der Waals surface area contributed by atoms with Gasteiger partial charge in [0.2, 0.25) is 0 Å². The third kappa shape index (κ3) is 4.22. The molecule has 0 saturated heterocycles. The SMILES string of the molecule is COc1cc2c(cc1OCc1ccccc1)C(c1ccc(N(C)C)cc1)NCC2. The van der Waals surface area contributed by atoms with Crippen LogP contribution in [-0.4, -0.2) is 27.7 Å². The van der Waals surface area contributed by atoms with Crippen LogP contribution in [0.15, 0.2) is 66.7 Å². The van der Waals surface area contributed by atoms with E-state index in [2.05, 4.69) is 72.8 Å². The number of benzene rings is 3. The van der Waals surface area contributed by atoms with E-state index in [1.54, 1.807) is 7.11 Å². The second-order valence-corrected chi connectivity index (χ2v) is 7.60. The van der Waals surface area contributed by atoms with Gasteiger partial charge in [-0.3, -0.25) is 0 Å². The molecule has 0 amide bonds. The van der Waals surface area contributed by atoms with Gasteiger partial charge >= 0.3 is 0 Å². The molecule has 1 unspecified atom stereocenters. The predicted octanol–water partition coefficient (Wildman–Crippen LogP) is 4.58. The van der Waals surface area contributed by atoms with Gasteiger partial charge in [0, 0.05) is 26.3 Å². The van der Waals surface area contributed by atoms with Gasteiger partial charge in [-0.15, -0.1) is 0 Å². The molecule has 150 valence electrons. The Bertz CT molecular complexity index is 953. The third-order valence-corrected chi connectivity index (χ3v) is 5.46. The Morgan fingerprint density at radius 2 is 1.72 bits per heavy atom. The number of anilines is 1. The molecule has 1 N–H and O–H groups in total. The summed E-state index contributed by atoms with van der Waals surface area (Å²) >= 11 is 0. The minimum Gasteiger partial charge on any atom is -0.493 e. The van der Waals surface area contributed by atoms with Crippen molar-refractivity contribution in [2.75, 3.05) is 32.6 Å². The van der Waals surface area contributed by atoms with Crippen molar-refractivity contribution in [3.8, 4) is 11.5 Å². The van der Waals surface area contributed by atoms with E-state index in [-0.39, 0.29) is 6.04 Å². The Labute approximate surface area is 173 Å². The van der Waals surface area contributed by atoms with Crippen molar-refractivity contribution < 1.29 is 9.47 Å². The number of ether oxygens (including phenoxy) is 2. The second-order valence-electron chi connectivity index (χ2n) is 7.60. The van der Waals surface area contributed by atoms with Crippen LogP contribution in [0.2, 0.25) is 0 Å². The Morgan fingerprint density at radius 1 is 0.966 bits per heavy atom. The summed E-state index contributed by atoms with van der Waals surface area (Å²) in [4.78, 5) is 2.12. The zero-order valence-corrected chi connectivity index (χ0v) is 17.3. The highest BCUT2D eigenvalue weighted by Crippen LogP contribution is 2.38. The van der Waals surface area contributed by atoms with Crippen LogP contribution in [-0.2, 0) is 13.0 Å². The van der Waals surface area contributed by atoms with Crippen molar-refractivity contribution in [2.45, 2.75) is 19.1 Å². The van der Waals surface area contributed by atoms with E-state index in [1.165, 1.54) is 22.4 Å². The van der Waals surface area contributed by atoms with Gasteiger partial charge < -0.3 is 19.7 Å². The normalized spacial score (nSPS) is 15.5. The molecule has 0 aliphatic carbocycles. The predicted molar refractivity (Wildman–Crippen MR) is 118 cm³/mol. The van der Waals surface area contributed by atoms with Gasteiger partial charge in [-0.05, 0) is 52.9 Å². The fraction of sp³-hybridized carbons (Fsp3) is 0.280. The van der Waals surface area contributed by atoms with Gasteiger partial charge in [0.25, 0.3) is 0 Å². The molecular weight excluding hydrogens is 360 g/mol. The van der Waals surface area contributed by atoms with Gasteiger partial charge in [-0.25, -0.2) is 0 Å². The number of methoxy groups -OCH3 is 1. The van der Waals surface area contributed by atoms with Crippen molar-refractivity contribution in [2.24, 2.45) is 0 Å². The maximum atomic E-state index is 6.16. The minimum atomic E-state index is 0.153. The van der Waals surface area contributed by atoms with E-state index in [4.69, 9.17) is 9.47 Å². The van der Waals surface area contributed by atoms with Crippen molar-refractivity contribution in [3.05, 3.63) is 89.0 Å². The first-order chi connectivity index (χ1) is 14.2. The lowest BCUT2D eigenvalue weighted by Gasteiger charge is -2.29. The lowest BCUT2D eigenvalue weighted by molar-refractivity contribution is 0.283. The molecule has 1 aliphatic heterocycles. The molecule has 0 fully saturated rings. The van der Waals surface area contributed by atoms with Crippen LogP contribution < -0.4 is 19.7 Å². The van der Waals surface area contributed by atoms with E-state index >= 15 is 0 Å². The Balaban J connectivity index is 1.64. The third-order valence-electron chi connectivity index (χ3n) is 5.46. The van der Waals surface area contributed by atoms with Crippen LogP contribution in [0.4, 0.5) is 5.69 Å². The van der Waals surface area contributed by atoms with E-state index in [0.717, 1.165) is 30.0 Å². The van der Waals surface area contributed by atoms with E-state index in [0.29, 0.717) is 6.61 Å². The molecule has 0 saturated carbocycles. The summed E-state index contributed by atoms with van der Waals surface area (Å²) in [5.74, 6) is 1.58. The van der Waals surface area contributed by atoms with Gasteiger partial charge in [-0.2, -0.15) is 0 Å². The minimum absolute atomic E-state index is 0.153. The van der Waals surface area contributed by atoms with Crippen LogP contribution in [0.3, 0.4) is 0 Å². The molecule has 1 heterocycles. The highest BCUT2D eigenvalue weighted by atomic mass is 16.5. The van der Waals surface area contributed by atoms with Crippen molar-refractivity contribution in [3.63, 3.8) is 0 Å². The number of nitrogens with one attached hydrogen (secondary N) is 1. The van der Waals surface area contributed by atoms with Crippen molar-refractivity contribution in [1.82, 2.24) is 5.32 Å². The average molecular weight is 389 g/mol. The summed E-state index contributed by atoms with van der Waals surface area (Å²) in [6.45, 7) is 1.46. The van der Waals surface area contributed by atoms with Gasteiger partial charge in [-0.1, -0.05) is 42.5 Å². The number of hydrogen-bond donors (Lipinski definition) is 1. The molecule has 4 rings (SSSR count). The first-order valence-electron chi connectivity index (χ1n) is 10.0. The molecule has 3 aromatic rings. The number of nitrogens with zero attached hydrogens (tertiary/aromatic N) is 1. The van der Waals surface area contributed by atoms with Gasteiger partial charge in [0.15, 0.2) is 11.5 Å². The first-order valence-corrected chi connectivity index (χ1v) is 10.0. The summed E-state index contributed by atoms with van der Waals surface area (Å²) in [7, 11) is 5.83. The summed E-state index contributed by atoms with van der Waals surface area (Å²) in [5, 5.41) is 3.67. The molecule has 1 aliphatic rings. The second kappa shape index (κ2) is 8.58. The maximum absolute atomic E-state index is 6.16. The van der Waals surface area contributed by atoms with E-state index < -0.39 is 0 Å². The molecule has 0 spiro atoms. The Morgan fingerprint density at radius 3 is 2.41 bits per heavy atom. The monoisotopic (exact) mass is 388 g/mol. The topological polar surface area (TPSA) is 33.7 Å². The van der Waals surface area contributed by atoms with E-state index in [9.17, 15) is 0 Å². The molecular formula is C25H28N2O2. The zero-order valence-electron chi connectivity index (χ0n) is 17.3. The maximum Gasteiger partial charge on any atom is 0.162 e. The highest BCUT2D eigenvalue weighted by Gasteiger charge is 2.24. The molecule has 4 heteroatoms. The standard InChI is InChI=1S/C25H28N2O2/c1-27(2)21-11-9-19(10-12-21)25-22-16-24(29-17-18-7-5-4-6-8-18)23(28-3)15-20(22)13-14-26-25/h4-12,15-16,25-26H,13-14,17H2,1-3H3. The van der Waals surface area contributed by atoms with Gasteiger partial charge in [0.05, 0.1) is 13.2 Å². The lowest BCUT2D eigenvalue weighted by atomic mass is 9.89. The van der Waals surface area contributed by atoms with Crippen molar-refractivity contribution in [1.29, 1.82) is 0 Å². The summed E-state index contributed by atoms with van der Waals surface area (Å²) in [5.41, 5.74) is 6.18. The molecule has 1 atom stereocenters. The molecule has 0 aromatic heterocycles. The molecule has 0 radical (unpaired) electrons. The molecule has 0 bridgehead atoms. The largest absolute Gasteiger partial charge is 0.493 e. The average Bonchev–Trinajstić information content (AvgIpc) is 2.77. The zero-order chi connectivity index (χ0) is 20.2. The number of hydrogen-bond acceptors (Lipinski definition) is 4. The highest BCUT2D eigenvalue weighted by molar-refractivity contribution is 5.53. The number of fused-ring (bicyclic) bond motifs is 1. The molecule has 3 aromatic carbocycles. The Kier molecular flexibility index (Phi) is 5.72. The Hall–Kier alpha value is -2.98. The fourth-order valence-electron chi connectivity index (χ4n) is 3.83.